The lowest BCUT2D eigenvalue weighted by Crippen LogP contribution is -2.38. The molecule has 0 aliphatic heterocycles. The number of nitrogens with zero attached hydrogens (tertiary/aromatic N) is 1. The van der Waals surface area contributed by atoms with Gasteiger partial charge in [0.2, 0.25) is 5.91 Å². The highest BCUT2D eigenvalue weighted by atomic mass is 35.5. The lowest BCUT2D eigenvalue weighted by Gasteiger charge is -2.24. The van der Waals surface area contributed by atoms with E-state index in [0.29, 0.717) is 10.7 Å². The fourth-order valence-electron chi connectivity index (χ4n) is 2.62. The molecule has 150 valence electrons. The molecule has 0 aliphatic rings. The standard InChI is InChI=1S/C21H18ClFN2O3S/c1-15-2-12-20(13-3-15)29(27,28)25(19-10-6-17(23)7-11-19)14-21(26)24-18-8-4-16(22)5-9-18/h2-13H,14H2,1H3,(H,24,26). The normalized spacial score (nSPS) is 11.1. The lowest BCUT2D eigenvalue weighted by atomic mass is 10.2. The predicted molar refractivity (Wildman–Crippen MR) is 112 cm³/mol. The van der Waals surface area contributed by atoms with Gasteiger partial charge in [0.05, 0.1) is 10.6 Å². The van der Waals surface area contributed by atoms with E-state index in [9.17, 15) is 17.6 Å². The fourth-order valence-corrected chi connectivity index (χ4v) is 4.17. The zero-order valence-corrected chi connectivity index (χ0v) is 17.0. The molecule has 3 rings (SSSR count). The van der Waals surface area contributed by atoms with Crippen LogP contribution in [0.5, 0.6) is 0 Å². The summed E-state index contributed by atoms with van der Waals surface area (Å²) >= 11 is 5.83. The summed E-state index contributed by atoms with van der Waals surface area (Å²) < 4.78 is 40.7. The van der Waals surface area contributed by atoms with Crippen molar-refractivity contribution in [3.63, 3.8) is 0 Å². The third-order valence-electron chi connectivity index (χ3n) is 4.14. The number of nitrogens with one attached hydrogen (secondary N) is 1. The summed E-state index contributed by atoms with van der Waals surface area (Å²) in [6.45, 7) is 1.36. The Morgan fingerprint density at radius 1 is 0.966 bits per heavy atom. The maximum atomic E-state index is 13.3. The van der Waals surface area contributed by atoms with Crippen molar-refractivity contribution in [3.05, 3.63) is 89.2 Å². The lowest BCUT2D eigenvalue weighted by molar-refractivity contribution is -0.114. The van der Waals surface area contributed by atoms with Gasteiger partial charge in [0, 0.05) is 10.7 Å². The van der Waals surface area contributed by atoms with Gasteiger partial charge in [0.15, 0.2) is 0 Å². The van der Waals surface area contributed by atoms with Crippen molar-refractivity contribution >= 4 is 38.9 Å². The topological polar surface area (TPSA) is 66.5 Å². The third kappa shape index (κ3) is 5.13. The van der Waals surface area contributed by atoms with E-state index in [0.717, 1.165) is 22.0 Å². The molecule has 0 radical (unpaired) electrons. The van der Waals surface area contributed by atoms with Crippen LogP contribution in [0.4, 0.5) is 15.8 Å². The van der Waals surface area contributed by atoms with E-state index in [1.165, 1.54) is 24.3 Å². The molecule has 0 saturated carbocycles. The quantitative estimate of drug-likeness (QED) is 0.618. The zero-order valence-electron chi connectivity index (χ0n) is 15.5. The molecule has 0 aromatic heterocycles. The number of anilines is 2. The number of hydrogen-bond acceptors (Lipinski definition) is 3. The number of amides is 1. The first-order valence-electron chi connectivity index (χ1n) is 8.66. The first-order valence-corrected chi connectivity index (χ1v) is 10.5. The second-order valence-electron chi connectivity index (χ2n) is 6.36. The van der Waals surface area contributed by atoms with Crippen molar-refractivity contribution in [3.8, 4) is 0 Å². The summed E-state index contributed by atoms with van der Waals surface area (Å²) in [6.07, 6.45) is 0. The number of rotatable bonds is 6. The minimum Gasteiger partial charge on any atom is -0.325 e. The first-order chi connectivity index (χ1) is 13.8. The average Bonchev–Trinajstić information content (AvgIpc) is 2.69. The van der Waals surface area contributed by atoms with Crippen LogP contribution in [0.25, 0.3) is 0 Å². The molecule has 0 aliphatic carbocycles. The number of hydrogen-bond donors (Lipinski definition) is 1. The monoisotopic (exact) mass is 432 g/mol. The van der Waals surface area contributed by atoms with Crippen LogP contribution in [0.1, 0.15) is 5.56 Å². The van der Waals surface area contributed by atoms with Gasteiger partial charge in [-0.1, -0.05) is 29.3 Å². The number of sulfonamides is 1. The minimum atomic E-state index is -4.05. The molecule has 1 amide bonds. The van der Waals surface area contributed by atoms with Gasteiger partial charge in [-0.05, 0) is 67.6 Å². The number of benzene rings is 3. The molecule has 29 heavy (non-hydrogen) atoms. The zero-order chi connectivity index (χ0) is 21.0. The molecule has 0 saturated heterocycles. The second kappa shape index (κ2) is 8.63. The van der Waals surface area contributed by atoms with E-state index in [-0.39, 0.29) is 10.6 Å². The summed E-state index contributed by atoms with van der Waals surface area (Å²) in [6, 6.07) is 17.6. The Kier molecular flexibility index (Phi) is 6.20. The largest absolute Gasteiger partial charge is 0.325 e. The minimum absolute atomic E-state index is 0.0340. The van der Waals surface area contributed by atoms with Crippen molar-refractivity contribution in [2.24, 2.45) is 0 Å². The van der Waals surface area contributed by atoms with E-state index in [1.54, 1.807) is 36.4 Å². The van der Waals surface area contributed by atoms with Crippen molar-refractivity contribution in [1.29, 1.82) is 0 Å². The van der Waals surface area contributed by atoms with Crippen LogP contribution in [0.2, 0.25) is 5.02 Å². The Bertz CT molecular complexity index is 1100. The molecule has 5 nitrogen and oxygen atoms in total. The van der Waals surface area contributed by atoms with E-state index >= 15 is 0 Å². The van der Waals surface area contributed by atoms with E-state index in [2.05, 4.69) is 5.32 Å². The van der Waals surface area contributed by atoms with Crippen LogP contribution < -0.4 is 9.62 Å². The SMILES string of the molecule is Cc1ccc(S(=O)(=O)N(CC(=O)Nc2ccc(Cl)cc2)c2ccc(F)cc2)cc1. The number of halogens is 2. The summed E-state index contributed by atoms with van der Waals surface area (Å²) in [5.41, 5.74) is 1.56. The molecule has 0 unspecified atom stereocenters. The summed E-state index contributed by atoms with van der Waals surface area (Å²) in [5.74, 6) is -1.06. The van der Waals surface area contributed by atoms with Crippen molar-refractivity contribution in [2.75, 3.05) is 16.2 Å². The molecule has 0 bridgehead atoms. The van der Waals surface area contributed by atoms with E-state index in [4.69, 9.17) is 11.6 Å². The van der Waals surface area contributed by atoms with E-state index < -0.39 is 28.3 Å². The van der Waals surface area contributed by atoms with Gasteiger partial charge in [0.1, 0.15) is 12.4 Å². The van der Waals surface area contributed by atoms with Gasteiger partial charge in [0.25, 0.3) is 10.0 Å². The maximum Gasteiger partial charge on any atom is 0.264 e. The van der Waals surface area contributed by atoms with Crippen LogP contribution >= 0.6 is 11.6 Å². The van der Waals surface area contributed by atoms with Gasteiger partial charge >= 0.3 is 0 Å². The van der Waals surface area contributed by atoms with Crippen molar-refractivity contribution in [2.45, 2.75) is 11.8 Å². The Balaban J connectivity index is 1.92. The van der Waals surface area contributed by atoms with Crippen LogP contribution in [-0.4, -0.2) is 20.9 Å². The maximum absolute atomic E-state index is 13.3. The number of carbonyl (C=O) groups excluding carboxylic acids is 1. The average molecular weight is 433 g/mol. The molecule has 0 fully saturated rings. The van der Waals surface area contributed by atoms with Gasteiger partial charge in [-0.15, -0.1) is 0 Å². The van der Waals surface area contributed by atoms with Crippen LogP contribution in [-0.2, 0) is 14.8 Å². The van der Waals surface area contributed by atoms with Crippen molar-refractivity contribution in [1.82, 2.24) is 0 Å². The molecular formula is C21H18ClFN2O3S. The smallest absolute Gasteiger partial charge is 0.264 e. The first kappa shape index (κ1) is 20.8. The Labute approximate surface area is 173 Å². The Hall–Kier alpha value is -2.90. The second-order valence-corrected chi connectivity index (χ2v) is 8.65. The molecule has 3 aromatic rings. The molecule has 3 aromatic carbocycles. The third-order valence-corrected chi connectivity index (χ3v) is 6.18. The predicted octanol–water partition coefficient (Wildman–Crippen LogP) is 4.62. The van der Waals surface area contributed by atoms with Crippen LogP contribution in [0, 0.1) is 12.7 Å². The Morgan fingerprint density at radius 3 is 2.14 bits per heavy atom. The van der Waals surface area contributed by atoms with Crippen molar-refractivity contribution < 1.29 is 17.6 Å². The summed E-state index contributed by atoms with van der Waals surface area (Å²) in [4.78, 5) is 12.6. The van der Waals surface area contributed by atoms with Gasteiger partial charge in [-0.2, -0.15) is 0 Å². The molecular weight excluding hydrogens is 415 g/mol. The van der Waals surface area contributed by atoms with E-state index in [1.807, 2.05) is 6.92 Å². The number of carbonyl (C=O) groups is 1. The fraction of sp³-hybridized carbons (Fsp3) is 0.0952. The molecule has 0 spiro atoms. The summed E-state index contributed by atoms with van der Waals surface area (Å²) in [7, 11) is -4.05. The highest BCUT2D eigenvalue weighted by molar-refractivity contribution is 7.92. The highest BCUT2D eigenvalue weighted by Crippen LogP contribution is 2.24. The molecule has 8 heteroatoms. The van der Waals surface area contributed by atoms with Gasteiger partial charge < -0.3 is 5.32 Å². The van der Waals surface area contributed by atoms with Gasteiger partial charge in [-0.25, -0.2) is 12.8 Å². The Morgan fingerprint density at radius 2 is 1.55 bits per heavy atom. The van der Waals surface area contributed by atoms with Crippen LogP contribution in [0.3, 0.4) is 0 Å². The number of aryl methyl sites for hydroxylation is 1. The highest BCUT2D eigenvalue weighted by Gasteiger charge is 2.27. The molecule has 0 atom stereocenters. The van der Waals surface area contributed by atoms with Gasteiger partial charge in [-0.3, -0.25) is 9.10 Å². The van der Waals surface area contributed by atoms with Crippen LogP contribution in [0.15, 0.2) is 77.7 Å². The molecule has 1 N–H and O–H groups in total. The summed E-state index contributed by atoms with van der Waals surface area (Å²) in [5, 5.41) is 3.15. The molecule has 0 heterocycles.